The molecule has 0 saturated carbocycles. The van der Waals surface area contributed by atoms with Crippen LogP contribution in [0.1, 0.15) is 0 Å². The van der Waals surface area contributed by atoms with Gasteiger partial charge in [-0.05, 0) is 42.5 Å². The van der Waals surface area contributed by atoms with Crippen LogP contribution in [-0.4, -0.2) is 37.4 Å². The van der Waals surface area contributed by atoms with Crippen molar-refractivity contribution in [1.29, 1.82) is 0 Å². The van der Waals surface area contributed by atoms with E-state index in [0.717, 1.165) is 22.0 Å². The van der Waals surface area contributed by atoms with Crippen molar-refractivity contribution in [3.8, 4) is 5.82 Å². The van der Waals surface area contributed by atoms with E-state index < -0.39 is 31.6 Å². The summed E-state index contributed by atoms with van der Waals surface area (Å²) in [6.07, 6.45) is 2.41. The van der Waals surface area contributed by atoms with Crippen LogP contribution in [0.3, 0.4) is 0 Å². The van der Waals surface area contributed by atoms with E-state index in [1.807, 2.05) is 4.72 Å². The van der Waals surface area contributed by atoms with Gasteiger partial charge in [-0.25, -0.2) is 41.5 Å². The van der Waals surface area contributed by atoms with Gasteiger partial charge in [-0.15, -0.1) is 11.3 Å². The minimum atomic E-state index is -4.10. The molecule has 0 bridgehead atoms. The number of thiophene rings is 1. The molecule has 16 heteroatoms. The number of nitrogens with one attached hydrogen (secondary N) is 2. The van der Waals surface area contributed by atoms with E-state index >= 15 is 0 Å². The second-order valence-electron chi connectivity index (χ2n) is 6.67. The lowest BCUT2D eigenvalue weighted by molar-refractivity contribution is 0.256. The molecule has 4 aromatic rings. The Balaban J connectivity index is 1.56. The first kappa shape index (κ1) is 23.8. The average molecular weight is 541 g/mol. The third kappa shape index (κ3) is 4.92. The fourth-order valence-electron chi connectivity index (χ4n) is 2.81. The number of fused-ring (bicyclic) bond motifs is 1. The maximum atomic E-state index is 12.9. The van der Waals surface area contributed by atoms with Gasteiger partial charge in [-0.1, -0.05) is 11.6 Å². The molecule has 0 aliphatic carbocycles. The summed E-state index contributed by atoms with van der Waals surface area (Å²) in [6, 6.07) is 8.11. The molecule has 2 amide bonds. The van der Waals surface area contributed by atoms with Crippen LogP contribution in [0.2, 0.25) is 4.34 Å². The van der Waals surface area contributed by atoms with Gasteiger partial charge < -0.3 is 5.32 Å². The predicted octanol–water partition coefficient (Wildman–Crippen LogP) is 1.65. The lowest BCUT2D eigenvalue weighted by Crippen LogP contribution is -2.34. The van der Waals surface area contributed by atoms with Crippen molar-refractivity contribution in [2.45, 2.75) is 9.10 Å². The summed E-state index contributed by atoms with van der Waals surface area (Å²) in [5.41, 5.74) is -0.196. The van der Waals surface area contributed by atoms with E-state index in [1.165, 1.54) is 48.9 Å². The minimum Gasteiger partial charge on any atom is -0.306 e. The molecule has 0 radical (unpaired) electrons. The number of nitrogens with two attached hydrogens (primary N) is 1. The Morgan fingerprint density at radius 3 is 2.44 bits per heavy atom. The molecule has 176 valence electrons. The average Bonchev–Trinajstić information content (AvgIpc) is 3.21. The Labute approximate surface area is 201 Å². The fraction of sp³-hybridized carbons (Fsp3) is 0. The summed E-state index contributed by atoms with van der Waals surface area (Å²) in [5.74, 6) is 0.118. The van der Waals surface area contributed by atoms with Gasteiger partial charge in [0.25, 0.3) is 15.6 Å². The van der Waals surface area contributed by atoms with E-state index in [0.29, 0.717) is 0 Å². The molecule has 0 aliphatic heterocycles. The molecular formula is C18H13ClN6O6S3. The predicted molar refractivity (Wildman–Crippen MR) is 125 cm³/mol. The van der Waals surface area contributed by atoms with Gasteiger partial charge in [-0.2, -0.15) is 0 Å². The number of carbonyl (C=O) groups is 1. The van der Waals surface area contributed by atoms with Crippen molar-refractivity contribution in [1.82, 2.24) is 19.3 Å². The third-order valence-electron chi connectivity index (χ3n) is 4.35. The molecular weight excluding hydrogens is 528 g/mol. The quantitative estimate of drug-likeness (QED) is 0.341. The highest BCUT2D eigenvalue weighted by Crippen LogP contribution is 2.25. The molecule has 0 saturated heterocycles. The van der Waals surface area contributed by atoms with Crippen molar-refractivity contribution in [2.75, 3.05) is 5.32 Å². The summed E-state index contributed by atoms with van der Waals surface area (Å²) in [6.45, 7) is 0. The number of primary sulfonamides is 1. The van der Waals surface area contributed by atoms with Crippen LogP contribution in [0.15, 0.2) is 68.9 Å². The van der Waals surface area contributed by atoms with Crippen molar-refractivity contribution in [3.05, 3.63) is 69.7 Å². The van der Waals surface area contributed by atoms with Crippen LogP contribution in [0, 0.1) is 0 Å². The number of benzene rings is 1. The first-order chi connectivity index (χ1) is 15.9. The Morgan fingerprint density at radius 1 is 1.06 bits per heavy atom. The monoisotopic (exact) mass is 540 g/mol. The standard InChI is InChI=1S/C18H13ClN6O6S3/c19-14-4-6-16(32-14)34(30,31)24-18(27)23-10-1-5-15(21-8-10)25-9-22-13-3-2-11(33(20,28)29)7-12(13)17(25)26/h1-9H,(H2,20,28,29)(H2,23,24,27). The SMILES string of the molecule is NS(=O)(=O)c1ccc2ncn(-c3ccc(NC(=O)NS(=O)(=O)c4ccc(Cl)s4)cn3)c(=O)c2c1. The number of hydrogen-bond donors (Lipinski definition) is 3. The van der Waals surface area contributed by atoms with Gasteiger partial charge >= 0.3 is 6.03 Å². The highest BCUT2D eigenvalue weighted by molar-refractivity contribution is 7.92. The van der Waals surface area contributed by atoms with Gasteiger partial charge in [0.2, 0.25) is 10.0 Å². The van der Waals surface area contributed by atoms with Crippen LogP contribution in [-0.2, 0) is 20.0 Å². The number of rotatable bonds is 5. The zero-order valence-electron chi connectivity index (χ0n) is 16.7. The molecule has 1 aromatic carbocycles. The summed E-state index contributed by atoms with van der Waals surface area (Å²) in [5, 5.41) is 7.45. The summed E-state index contributed by atoms with van der Waals surface area (Å²) in [4.78, 5) is 32.9. The normalized spacial score (nSPS) is 11.9. The topological polar surface area (TPSA) is 183 Å². The summed E-state index contributed by atoms with van der Waals surface area (Å²) < 4.78 is 50.6. The number of sulfonamides is 2. The van der Waals surface area contributed by atoms with Gasteiger partial charge in [0.1, 0.15) is 16.4 Å². The Bertz CT molecular complexity index is 1700. The van der Waals surface area contributed by atoms with E-state index in [4.69, 9.17) is 16.7 Å². The molecule has 3 aromatic heterocycles. The number of pyridine rings is 1. The third-order valence-corrected chi connectivity index (χ3v) is 8.32. The maximum Gasteiger partial charge on any atom is 0.333 e. The number of hydrogen-bond acceptors (Lipinski definition) is 9. The van der Waals surface area contributed by atoms with Crippen LogP contribution < -0.4 is 20.7 Å². The van der Waals surface area contributed by atoms with Crippen molar-refractivity contribution in [2.24, 2.45) is 5.14 Å². The second-order valence-corrected chi connectivity index (χ2v) is 11.9. The largest absolute Gasteiger partial charge is 0.333 e. The number of carbonyl (C=O) groups excluding carboxylic acids is 1. The van der Waals surface area contributed by atoms with E-state index in [-0.39, 0.29) is 35.8 Å². The zero-order chi connectivity index (χ0) is 24.7. The molecule has 34 heavy (non-hydrogen) atoms. The van der Waals surface area contributed by atoms with Crippen LogP contribution in [0.4, 0.5) is 10.5 Å². The van der Waals surface area contributed by atoms with Gasteiger partial charge in [-0.3, -0.25) is 9.36 Å². The van der Waals surface area contributed by atoms with E-state index in [1.54, 1.807) is 0 Å². The van der Waals surface area contributed by atoms with E-state index in [2.05, 4.69) is 15.3 Å². The highest BCUT2D eigenvalue weighted by atomic mass is 35.5. The summed E-state index contributed by atoms with van der Waals surface area (Å²) >= 11 is 6.52. The van der Waals surface area contributed by atoms with Gasteiger partial charge in [0.05, 0.1) is 32.0 Å². The first-order valence-electron chi connectivity index (χ1n) is 9.04. The number of anilines is 1. The number of aromatic nitrogens is 3. The minimum absolute atomic E-state index is 0.0105. The fourth-order valence-corrected chi connectivity index (χ4v) is 5.74. The highest BCUT2D eigenvalue weighted by Gasteiger charge is 2.20. The van der Waals surface area contributed by atoms with Gasteiger partial charge in [0, 0.05) is 0 Å². The van der Waals surface area contributed by atoms with Crippen LogP contribution >= 0.6 is 22.9 Å². The number of nitrogens with zero attached hydrogens (tertiary/aromatic N) is 3. The molecule has 4 rings (SSSR count). The Kier molecular flexibility index (Phi) is 6.13. The zero-order valence-corrected chi connectivity index (χ0v) is 19.9. The number of urea groups is 1. The molecule has 0 spiro atoms. The number of halogens is 1. The molecule has 0 unspecified atom stereocenters. The number of amides is 2. The molecule has 0 atom stereocenters. The molecule has 12 nitrogen and oxygen atoms in total. The first-order valence-corrected chi connectivity index (χ1v) is 13.3. The van der Waals surface area contributed by atoms with Crippen molar-refractivity contribution in [3.63, 3.8) is 0 Å². The molecule has 0 fully saturated rings. The van der Waals surface area contributed by atoms with E-state index in [9.17, 15) is 26.4 Å². The van der Waals surface area contributed by atoms with Crippen molar-refractivity contribution >= 4 is 65.6 Å². The molecule has 3 heterocycles. The molecule has 0 aliphatic rings. The lowest BCUT2D eigenvalue weighted by Gasteiger charge is -2.09. The Morgan fingerprint density at radius 2 is 1.82 bits per heavy atom. The Hall–Kier alpha value is -3.37. The summed E-state index contributed by atoms with van der Waals surface area (Å²) in [7, 11) is -8.13. The van der Waals surface area contributed by atoms with Crippen LogP contribution in [0.5, 0.6) is 0 Å². The molecule has 4 N–H and O–H groups in total. The van der Waals surface area contributed by atoms with Crippen LogP contribution in [0.25, 0.3) is 16.7 Å². The lowest BCUT2D eigenvalue weighted by atomic mass is 10.2. The smallest absolute Gasteiger partial charge is 0.306 e. The van der Waals surface area contributed by atoms with Gasteiger partial charge in [0.15, 0.2) is 0 Å². The maximum absolute atomic E-state index is 12.9. The second kappa shape index (κ2) is 8.77. The van der Waals surface area contributed by atoms with Crippen molar-refractivity contribution < 1.29 is 21.6 Å².